The zero-order chi connectivity index (χ0) is 20.5. The first kappa shape index (κ1) is 19.8. The van der Waals surface area contributed by atoms with E-state index >= 15 is 0 Å². The van der Waals surface area contributed by atoms with Gasteiger partial charge in [-0.15, -0.1) is 0 Å². The van der Waals surface area contributed by atoms with Crippen molar-refractivity contribution in [3.8, 4) is 5.75 Å². The summed E-state index contributed by atoms with van der Waals surface area (Å²) in [5.41, 5.74) is 2.77. The normalized spacial score (nSPS) is 10.5. The fourth-order valence-electron chi connectivity index (χ4n) is 2.65. The molecule has 3 aromatic rings. The Morgan fingerprint density at radius 2 is 1.93 bits per heavy atom. The third-order valence-corrected chi connectivity index (χ3v) is 4.16. The Morgan fingerprint density at radius 3 is 2.72 bits per heavy atom. The first-order chi connectivity index (χ1) is 14.2. The summed E-state index contributed by atoms with van der Waals surface area (Å²) in [6, 6.07) is 18.1. The lowest BCUT2D eigenvalue weighted by Gasteiger charge is -2.11. The number of benzene rings is 2. The molecule has 0 spiro atoms. The number of methoxy groups -OCH3 is 1. The number of ether oxygens (including phenoxy) is 1. The average Bonchev–Trinajstić information content (AvgIpc) is 2.77. The molecule has 146 valence electrons. The van der Waals surface area contributed by atoms with E-state index in [4.69, 9.17) is 4.74 Å². The number of pyridine rings is 1. The molecule has 3 rings (SSSR count). The van der Waals surface area contributed by atoms with Gasteiger partial charge in [-0.25, -0.2) is 0 Å². The van der Waals surface area contributed by atoms with Gasteiger partial charge < -0.3 is 15.4 Å². The van der Waals surface area contributed by atoms with E-state index in [0.29, 0.717) is 11.3 Å². The molecule has 2 amide bonds. The molecule has 6 heteroatoms. The quantitative estimate of drug-likeness (QED) is 0.606. The Labute approximate surface area is 169 Å². The van der Waals surface area contributed by atoms with E-state index < -0.39 is 0 Å². The lowest BCUT2D eigenvalue weighted by atomic mass is 10.1. The molecule has 0 aliphatic rings. The molecule has 0 aliphatic carbocycles. The SMILES string of the molecule is COc1cccc(/C=C/C(=O)NCc2ccccc2NC(=O)c2cccnc2)c1. The van der Waals surface area contributed by atoms with Gasteiger partial charge in [-0.05, 0) is 47.5 Å². The molecule has 2 N–H and O–H groups in total. The number of para-hydroxylation sites is 1. The predicted octanol–water partition coefficient (Wildman–Crippen LogP) is 3.67. The van der Waals surface area contributed by atoms with E-state index in [2.05, 4.69) is 15.6 Å². The minimum atomic E-state index is -0.255. The van der Waals surface area contributed by atoms with E-state index in [-0.39, 0.29) is 18.4 Å². The van der Waals surface area contributed by atoms with Crippen molar-refractivity contribution in [2.45, 2.75) is 6.54 Å². The van der Waals surface area contributed by atoms with Gasteiger partial charge in [0.15, 0.2) is 0 Å². The van der Waals surface area contributed by atoms with Crippen LogP contribution in [0.3, 0.4) is 0 Å². The van der Waals surface area contributed by atoms with Crippen molar-refractivity contribution >= 4 is 23.6 Å². The molecule has 0 saturated carbocycles. The van der Waals surface area contributed by atoms with Gasteiger partial charge in [-0.2, -0.15) is 0 Å². The second kappa shape index (κ2) is 9.85. The fraction of sp³-hybridized carbons (Fsp3) is 0.0870. The number of anilines is 1. The second-order valence-electron chi connectivity index (χ2n) is 6.18. The highest BCUT2D eigenvalue weighted by Crippen LogP contribution is 2.16. The van der Waals surface area contributed by atoms with Crippen LogP contribution in [0.4, 0.5) is 5.69 Å². The van der Waals surface area contributed by atoms with Gasteiger partial charge in [0, 0.05) is 30.7 Å². The van der Waals surface area contributed by atoms with Crippen molar-refractivity contribution in [1.29, 1.82) is 0 Å². The highest BCUT2D eigenvalue weighted by atomic mass is 16.5. The molecule has 0 bridgehead atoms. The first-order valence-corrected chi connectivity index (χ1v) is 9.05. The fourth-order valence-corrected chi connectivity index (χ4v) is 2.65. The molecule has 1 heterocycles. The Kier molecular flexibility index (Phi) is 6.73. The molecule has 0 atom stereocenters. The molecular formula is C23H21N3O3. The number of hydrogen-bond acceptors (Lipinski definition) is 4. The van der Waals surface area contributed by atoms with Crippen LogP contribution in [0.2, 0.25) is 0 Å². The van der Waals surface area contributed by atoms with E-state index in [1.165, 1.54) is 12.3 Å². The summed E-state index contributed by atoms with van der Waals surface area (Å²) in [5, 5.41) is 5.69. The van der Waals surface area contributed by atoms with Crippen LogP contribution >= 0.6 is 0 Å². The van der Waals surface area contributed by atoms with Gasteiger partial charge in [-0.1, -0.05) is 30.3 Å². The number of rotatable bonds is 7. The van der Waals surface area contributed by atoms with Gasteiger partial charge in [0.2, 0.25) is 5.91 Å². The average molecular weight is 387 g/mol. The van der Waals surface area contributed by atoms with Gasteiger partial charge >= 0.3 is 0 Å². The largest absolute Gasteiger partial charge is 0.497 e. The van der Waals surface area contributed by atoms with Crippen LogP contribution < -0.4 is 15.4 Å². The molecule has 0 aliphatic heterocycles. The lowest BCUT2D eigenvalue weighted by Crippen LogP contribution is -2.22. The Balaban J connectivity index is 1.61. The molecule has 1 aromatic heterocycles. The lowest BCUT2D eigenvalue weighted by molar-refractivity contribution is -0.116. The number of amides is 2. The number of nitrogens with one attached hydrogen (secondary N) is 2. The van der Waals surface area contributed by atoms with Crippen LogP contribution in [-0.2, 0) is 11.3 Å². The Morgan fingerprint density at radius 1 is 1.07 bits per heavy atom. The minimum absolute atomic E-state index is 0.235. The van der Waals surface area contributed by atoms with Crippen molar-refractivity contribution in [3.63, 3.8) is 0 Å². The van der Waals surface area contributed by atoms with E-state index in [0.717, 1.165) is 16.9 Å². The van der Waals surface area contributed by atoms with E-state index in [9.17, 15) is 9.59 Å². The summed E-state index contributed by atoms with van der Waals surface area (Å²) < 4.78 is 5.17. The van der Waals surface area contributed by atoms with E-state index in [1.54, 1.807) is 37.6 Å². The van der Waals surface area contributed by atoms with Crippen LogP contribution in [0.5, 0.6) is 5.75 Å². The zero-order valence-electron chi connectivity index (χ0n) is 16.0. The highest BCUT2D eigenvalue weighted by molar-refractivity contribution is 6.04. The van der Waals surface area contributed by atoms with Gasteiger partial charge in [0.05, 0.1) is 12.7 Å². The maximum Gasteiger partial charge on any atom is 0.257 e. The zero-order valence-corrected chi connectivity index (χ0v) is 16.0. The van der Waals surface area contributed by atoms with Gasteiger partial charge in [0.1, 0.15) is 5.75 Å². The van der Waals surface area contributed by atoms with Crippen LogP contribution in [0, 0.1) is 0 Å². The number of carbonyl (C=O) groups excluding carboxylic acids is 2. The Bertz CT molecular complexity index is 1020. The standard InChI is InChI=1S/C23H21N3O3/c1-29-20-9-4-6-17(14-20)11-12-22(27)25-16-18-7-2-3-10-21(18)26-23(28)19-8-5-13-24-15-19/h2-15H,16H2,1H3,(H,25,27)(H,26,28)/b12-11+. The maximum absolute atomic E-state index is 12.4. The third-order valence-electron chi connectivity index (χ3n) is 4.16. The topological polar surface area (TPSA) is 80.3 Å². The highest BCUT2D eigenvalue weighted by Gasteiger charge is 2.09. The van der Waals surface area contributed by atoms with Crippen molar-refractivity contribution in [2.75, 3.05) is 12.4 Å². The maximum atomic E-state index is 12.4. The van der Waals surface area contributed by atoms with Crippen LogP contribution in [-0.4, -0.2) is 23.9 Å². The second-order valence-corrected chi connectivity index (χ2v) is 6.18. The molecule has 0 fully saturated rings. The minimum Gasteiger partial charge on any atom is -0.497 e. The van der Waals surface area contributed by atoms with E-state index in [1.807, 2.05) is 42.5 Å². The number of nitrogens with zero attached hydrogens (tertiary/aromatic N) is 1. The summed E-state index contributed by atoms with van der Waals surface area (Å²) in [6.45, 7) is 0.283. The number of carbonyl (C=O) groups is 2. The number of hydrogen-bond donors (Lipinski definition) is 2. The summed E-state index contributed by atoms with van der Waals surface area (Å²) in [7, 11) is 1.60. The number of aromatic nitrogens is 1. The summed E-state index contributed by atoms with van der Waals surface area (Å²) in [5.74, 6) is 0.238. The van der Waals surface area contributed by atoms with Crippen molar-refractivity contribution in [3.05, 3.63) is 95.8 Å². The van der Waals surface area contributed by atoms with Crippen LogP contribution in [0.25, 0.3) is 6.08 Å². The molecule has 29 heavy (non-hydrogen) atoms. The van der Waals surface area contributed by atoms with Crippen molar-refractivity contribution < 1.29 is 14.3 Å². The van der Waals surface area contributed by atoms with Gasteiger partial charge in [0.25, 0.3) is 5.91 Å². The molecule has 0 unspecified atom stereocenters. The summed E-state index contributed by atoms with van der Waals surface area (Å²) >= 11 is 0. The summed E-state index contributed by atoms with van der Waals surface area (Å²) in [4.78, 5) is 28.5. The third kappa shape index (κ3) is 5.77. The summed E-state index contributed by atoms with van der Waals surface area (Å²) in [6.07, 6.45) is 6.29. The Hall–Kier alpha value is -3.93. The molecular weight excluding hydrogens is 366 g/mol. The monoisotopic (exact) mass is 387 g/mol. The molecule has 6 nitrogen and oxygen atoms in total. The van der Waals surface area contributed by atoms with Gasteiger partial charge in [-0.3, -0.25) is 14.6 Å². The molecule has 0 radical (unpaired) electrons. The first-order valence-electron chi connectivity index (χ1n) is 9.05. The smallest absolute Gasteiger partial charge is 0.257 e. The van der Waals surface area contributed by atoms with Crippen molar-refractivity contribution in [2.24, 2.45) is 0 Å². The molecule has 2 aromatic carbocycles. The predicted molar refractivity (Wildman–Crippen MR) is 113 cm³/mol. The van der Waals surface area contributed by atoms with Crippen molar-refractivity contribution in [1.82, 2.24) is 10.3 Å². The van der Waals surface area contributed by atoms with Crippen LogP contribution in [0.15, 0.2) is 79.1 Å². The molecule has 0 saturated heterocycles. The van der Waals surface area contributed by atoms with Crippen LogP contribution in [0.1, 0.15) is 21.5 Å².